The number of rotatable bonds is 4. The number of ether oxygens (including phenoxy) is 1. The van der Waals surface area contributed by atoms with E-state index >= 15 is 0 Å². The van der Waals surface area contributed by atoms with Crippen molar-refractivity contribution in [2.24, 2.45) is 0 Å². The zero-order valence-corrected chi connectivity index (χ0v) is 10.9. The van der Waals surface area contributed by atoms with Crippen molar-refractivity contribution in [2.45, 2.75) is 6.92 Å². The number of alkyl halides is 1. The van der Waals surface area contributed by atoms with Crippen molar-refractivity contribution in [3.63, 3.8) is 0 Å². The fourth-order valence-corrected chi connectivity index (χ4v) is 1.96. The zero-order valence-electron chi connectivity index (χ0n) is 10.2. The Morgan fingerprint density at radius 2 is 2.06 bits per heavy atom. The van der Waals surface area contributed by atoms with Gasteiger partial charge >= 0.3 is 0 Å². The molecule has 0 amide bonds. The SMILES string of the molecule is COc1c(C(=O)CCl)c(C)nn1-c1ccccc1. The minimum atomic E-state index is -0.187. The van der Waals surface area contributed by atoms with Gasteiger partial charge in [0.25, 0.3) is 0 Å². The topological polar surface area (TPSA) is 44.1 Å². The first kappa shape index (κ1) is 12.6. The van der Waals surface area contributed by atoms with Gasteiger partial charge in [0, 0.05) is 0 Å². The van der Waals surface area contributed by atoms with E-state index in [0.717, 1.165) is 5.69 Å². The van der Waals surface area contributed by atoms with Crippen LogP contribution in [0.2, 0.25) is 0 Å². The quantitative estimate of drug-likeness (QED) is 0.630. The number of benzene rings is 1. The van der Waals surface area contributed by atoms with Crippen LogP contribution in [-0.4, -0.2) is 28.6 Å². The summed E-state index contributed by atoms with van der Waals surface area (Å²) in [5.41, 5.74) is 1.89. The second kappa shape index (κ2) is 5.23. The van der Waals surface area contributed by atoms with E-state index in [-0.39, 0.29) is 11.7 Å². The van der Waals surface area contributed by atoms with Crippen LogP contribution in [0.25, 0.3) is 5.69 Å². The first-order valence-electron chi connectivity index (χ1n) is 5.47. The molecule has 0 saturated carbocycles. The van der Waals surface area contributed by atoms with Gasteiger partial charge in [-0.2, -0.15) is 5.10 Å². The van der Waals surface area contributed by atoms with Crippen LogP contribution in [0.15, 0.2) is 30.3 Å². The standard InChI is InChI=1S/C13H13ClN2O2/c1-9-12(11(17)8-14)13(18-2)16(15-9)10-6-4-3-5-7-10/h3-7H,8H2,1-2H3. The highest BCUT2D eigenvalue weighted by Gasteiger charge is 2.22. The molecule has 0 aliphatic heterocycles. The molecule has 0 fully saturated rings. The molecule has 0 aliphatic carbocycles. The lowest BCUT2D eigenvalue weighted by atomic mass is 10.2. The van der Waals surface area contributed by atoms with Crippen molar-refractivity contribution in [3.8, 4) is 11.6 Å². The third kappa shape index (κ3) is 2.11. The largest absolute Gasteiger partial charge is 0.480 e. The minimum Gasteiger partial charge on any atom is -0.480 e. The Labute approximate surface area is 110 Å². The molecule has 0 bridgehead atoms. The molecule has 0 atom stereocenters. The number of nitrogens with zero attached hydrogens (tertiary/aromatic N) is 2. The Hall–Kier alpha value is -1.81. The fourth-order valence-electron chi connectivity index (χ4n) is 1.83. The number of carbonyl (C=O) groups excluding carboxylic acids is 1. The van der Waals surface area contributed by atoms with Crippen molar-refractivity contribution in [1.29, 1.82) is 0 Å². The molecule has 0 radical (unpaired) electrons. The number of aryl methyl sites for hydroxylation is 1. The summed E-state index contributed by atoms with van der Waals surface area (Å²) in [6, 6.07) is 9.49. The summed E-state index contributed by atoms with van der Waals surface area (Å²) < 4.78 is 6.90. The van der Waals surface area contributed by atoms with Gasteiger partial charge in [0.1, 0.15) is 5.56 Å². The van der Waals surface area contributed by atoms with Gasteiger partial charge in [-0.1, -0.05) is 18.2 Å². The lowest BCUT2D eigenvalue weighted by Crippen LogP contribution is -2.05. The molecule has 1 heterocycles. The van der Waals surface area contributed by atoms with Crippen molar-refractivity contribution in [3.05, 3.63) is 41.6 Å². The molecular weight excluding hydrogens is 252 g/mol. The van der Waals surface area contributed by atoms with Crippen LogP contribution >= 0.6 is 11.6 Å². The number of para-hydroxylation sites is 1. The normalized spacial score (nSPS) is 10.4. The van der Waals surface area contributed by atoms with Crippen molar-refractivity contribution >= 4 is 17.4 Å². The van der Waals surface area contributed by atoms with Gasteiger partial charge in [-0.15, -0.1) is 11.6 Å². The highest BCUT2D eigenvalue weighted by atomic mass is 35.5. The predicted octanol–water partition coefficient (Wildman–Crippen LogP) is 2.61. The average Bonchev–Trinajstić information content (AvgIpc) is 2.75. The molecule has 0 unspecified atom stereocenters. The van der Waals surface area contributed by atoms with Crippen LogP contribution < -0.4 is 4.74 Å². The van der Waals surface area contributed by atoms with Crippen molar-refractivity contribution in [1.82, 2.24) is 9.78 Å². The molecule has 5 heteroatoms. The van der Waals surface area contributed by atoms with E-state index in [9.17, 15) is 4.79 Å². The predicted molar refractivity (Wildman–Crippen MR) is 69.9 cm³/mol. The second-order valence-corrected chi connectivity index (χ2v) is 4.04. The van der Waals surface area contributed by atoms with Gasteiger partial charge in [-0.25, -0.2) is 4.68 Å². The number of Topliss-reactive ketones (excluding diaryl/α,β-unsaturated/α-hetero) is 1. The summed E-state index contributed by atoms with van der Waals surface area (Å²) in [6.07, 6.45) is 0. The number of hydrogen-bond acceptors (Lipinski definition) is 3. The summed E-state index contributed by atoms with van der Waals surface area (Å²) in [7, 11) is 1.51. The van der Waals surface area contributed by atoms with Gasteiger partial charge in [0.05, 0.1) is 24.4 Å². The van der Waals surface area contributed by atoms with Gasteiger partial charge in [0.2, 0.25) is 5.88 Å². The Kier molecular flexibility index (Phi) is 3.67. The average molecular weight is 265 g/mol. The lowest BCUT2D eigenvalue weighted by molar-refractivity contribution is 0.101. The van der Waals surface area contributed by atoms with Crippen molar-refractivity contribution < 1.29 is 9.53 Å². The monoisotopic (exact) mass is 264 g/mol. The number of aromatic nitrogens is 2. The number of methoxy groups -OCH3 is 1. The molecule has 1 aromatic heterocycles. The van der Waals surface area contributed by atoms with Crippen LogP contribution in [-0.2, 0) is 0 Å². The Bertz CT molecular complexity index is 564. The van der Waals surface area contributed by atoms with Gasteiger partial charge in [0.15, 0.2) is 5.78 Å². The Morgan fingerprint density at radius 1 is 1.39 bits per heavy atom. The molecule has 0 spiro atoms. The van der Waals surface area contributed by atoms with E-state index in [1.165, 1.54) is 7.11 Å². The smallest absolute Gasteiger partial charge is 0.227 e. The maximum Gasteiger partial charge on any atom is 0.227 e. The molecule has 0 saturated heterocycles. The van der Waals surface area contributed by atoms with Crippen molar-refractivity contribution in [2.75, 3.05) is 13.0 Å². The molecule has 2 aromatic rings. The van der Waals surface area contributed by atoms with Crippen LogP contribution in [0.5, 0.6) is 5.88 Å². The first-order valence-corrected chi connectivity index (χ1v) is 6.00. The number of carbonyl (C=O) groups is 1. The number of hydrogen-bond donors (Lipinski definition) is 0. The summed E-state index contributed by atoms with van der Waals surface area (Å²) in [6.45, 7) is 1.77. The van der Waals surface area contributed by atoms with E-state index in [1.54, 1.807) is 11.6 Å². The zero-order chi connectivity index (χ0) is 13.1. The van der Waals surface area contributed by atoms with Gasteiger partial charge < -0.3 is 4.74 Å². The van der Waals surface area contributed by atoms with E-state index < -0.39 is 0 Å². The highest BCUT2D eigenvalue weighted by molar-refractivity contribution is 6.31. The third-order valence-corrected chi connectivity index (χ3v) is 2.86. The molecule has 0 N–H and O–H groups in total. The van der Waals surface area contributed by atoms with Gasteiger partial charge in [-0.05, 0) is 19.1 Å². The van der Waals surface area contributed by atoms with Crippen LogP contribution in [0.4, 0.5) is 0 Å². The molecule has 0 aliphatic rings. The Morgan fingerprint density at radius 3 is 2.61 bits per heavy atom. The lowest BCUT2D eigenvalue weighted by Gasteiger charge is -2.06. The maximum atomic E-state index is 11.8. The summed E-state index contributed by atoms with van der Waals surface area (Å²) in [4.78, 5) is 11.8. The molecule has 1 aromatic carbocycles. The molecular formula is C13H13ClN2O2. The fraction of sp³-hybridized carbons (Fsp3) is 0.231. The van der Waals surface area contributed by atoms with E-state index in [4.69, 9.17) is 16.3 Å². The van der Waals surface area contributed by atoms with Gasteiger partial charge in [-0.3, -0.25) is 4.79 Å². The van der Waals surface area contributed by atoms with E-state index in [2.05, 4.69) is 5.10 Å². The molecule has 94 valence electrons. The highest BCUT2D eigenvalue weighted by Crippen LogP contribution is 2.26. The van der Waals surface area contributed by atoms with Crippen LogP contribution in [0.3, 0.4) is 0 Å². The second-order valence-electron chi connectivity index (χ2n) is 3.77. The maximum absolute atomic E-state index is 11.8. The molecule has 18 heavy (non-hydrogen) atoms. The molecule has 2 rings (SSSR count). The third-order valence-electron chi connectivity index (χ3n) is 2.61. The summed E-state index contributed by atoms with van der Waals surface area (Å²) in [5, 5.41) is 4.33. The molecule has 4 nitrogen and oxygen atoms in total. The number of ketones is 1. The minimum absolute atomic E-state index is 0.0856. The summed E-state index contributed by atoms with van der Waals surface area (Å²) >= 11 is 5.60. The van der Waals surface area contributed by atoms with Crippen LogP contribution in [0.1, 0.15) is 16.1 Å². The van der Waals surface area contributed by atoms with Crippen LogP contribution in [0, 0.1) is 6.92 Å². The van der Waals surface area contributed by atoms with E-state index in [0.29, 0.717) is 17.1 Å². The summed E-state index contributed by atoms with van der Waals surface area (Å²) in [5.74, 6) is 0.148. The Balaban J connectivity index is 2.60. The first-order chi connectivity index (χ1) is 8.69. The van der Waals surface area contributed by atoms with E-state index in [1.807, 2.05) is 30.3 Å². The number of halogens is 1.